The average Bonchev–Trinajstić information content (AvgIpc) is 2.71. The molecular formula is C13H17ClFN. The molecule has 0 amide bonds. The minimum absolute atomic E-state index is 0.204. The van der Waals surface area contributed by atoms with E-state index in [1.165, 1.54) is 0 Å². The smallest absolute Gasteiger partial charge is 0.142 e. The fourth-order valence-electron chi connectivity index (χ4n) is 2.29. The summed E-state index contributed by atoms with van der Waals surface area (Å²) in [6.07, 6.45) is 1.08. The van der Waals surface area contributed by atoms with Crippen LogP contribution in [0, 0.1) is 11.7 Å². The van der Waals surface area contributed by atoms with E-state index >= 15 is 0 Å². The van der Waals surface area contributed by atoms with Gasteiger partial charge in [0.2, 0.25) is 0 Å². The number of hydrogen-bond donors (Lipinski definition) is 1. The summed E-state index contributed by atoms with van der Waals surface area (Å²) < 4.78 is 13.3. The summed E-state index contributed by atoms with van der Waals surface area (Å²) in [7, 11) is 0. The lowest BCUT2D eigenvalue weighted by Crippen LogP contribution is -2.26. The highest BCUT2D eigenvalue weighted by Crippen LogP contribution is 2.30. The normalized spacial score (nSPS) is 25.3. The third-order valence-electron chi connectivity index (χ3n) is 3.38. The number of halogens is 2. The number of benzene rings is 1. The van der Waals surface area contributed by atoms with Crippen molar-refractivity contribution < 1.29 is 4.39 Å². The molecule has 2 rings (SSSR count). The molecule has 1 heterocycles. The first-order chi connectivity index (χ1) is 7.58. The largest absolute Gasteiger partial charge is 0.313 e. The summed E-state index contributed by atoms with van der Waals surface area (Å²) in [6, 6.07) is 5.69. The van der Waals surface area contributed by atoms with Gasteiger partial charge in [-0.05, 0) is 36.0 Å². The monoisotopic (exact) mass is 241 g/mol. The van der Waals surface area contributed by atoms with Gasteiger partial charge in [-0.1, -0.05) is 31.5 Å². The van der Waals surface area contributed by atoms with E-state index < -0.39 is 0 Å². The van der Waals surface area contributed by atoms with Crippen LogP contribution >= 0.6 is 11.6 Å². The first kappa shape index (κ1) is 11.9. The summed E-state index contributed by atoms with van der Waals surface area (Å²) >= 11 is 5.68. The van der Waals surface area contributed by atoms with E-state index in [9.17, 15) is 4.39 Å². The lowest BCUT2D eigenvalue weighted by atomic mass is 9.92. The fraction of sp³-hybridized carbons (Fsp3) is 0.538. The molecule has 1 nitrogen and oxygen atoms in total. The van der Waals surface area contributed by atoms with Crippen molar-refractivity contribution in [2.24, 2.45) is 5.92 Å². The highest BCUT2D eigenvalue weighted by atomic mass is 35.5. The van der Waals surface area contributed by atoms with E-state index in [0.717, 1.165) is 18.5 Å². The van der Waals surface area contributed by atoms with Crippen molar-refractivity contribution >= 4 is 11.6 Å². The Kier molecular flexibility index (Phi) is 3.50. The van der Waals surface area contributed by atoms with Gasteiger partial charge in [-0.15, -0.1) is 0 Å². The number of nitrogens with one attached hydrogen (secondary N) is 1. The summed E-state index contributed by atoms with van der Waals surface area (Å²) in [5.74, 6) is 0.730. The molecule has 3 heteroatoms. The first-order valence-corrected chi connectivity index (χ1v) is 6.14. The second-order valence-corrected chi connectivity index (χ2v) is 5.27. The van der Waals surface area contributed by atoms with E-state index in [-0.39, 0.29) is 10.8 Å². The Hall–Kier alpha value is -0.600. The van der Waals surface area contributed by atoms with Crippen LogP contribution in [-0.2, 0) is 0 Å². The van der Waals surface area contributed by atoms with Crippen molar-refractivity contribution in [2.45, 2.75) is 32.2 Å². The lowest BCUT2D eigenvalue weighted by molar-refractivity contribution is 0.449. The van der Waals surface area contributed by atoms with Crippen LogP contribution in [0.1, 0.15) is 31.7 Å². The van der Waals surface area contributed by atoms with Gasteiger partial charge in [-0.2, -0.15) is 0 Å². The number of hydrogen-bond acceptors (Lipinski definition) is 1. The van der Waals surface area contributed by atoms with E-state index in [2.05, 4.69) is 19.2 Å². The van der Waals surface area contributed by atoms with Crippen molar-refractivity contribution in [2.75, 3.05) is 6.54 Å². The number of rotatable bonds is 2. The molecule has 0 radical (unpaired) electrons. The average molecular weight is 242 g/mol. The van der Waals surface area contributed by atoms with Crippen LogP contribution in [0.15, 0.2) is 18.2 Å². The SMILES string of the molecule is CC(C)C1CC(c2ccc(Cl)c(F)c2)CN1. The van der Waals surface area contributed by atoms with Gasteiger partial charge in [0.1, 0.15) is 5.82 Å². The van der Waals surface area contributed by atoms with Gasteiger partial charge in [-0.25, -0.2) is 4.39 Å². The van der Waals surface area contributed by atoms with Crippen LogP contribution in [0.2, 0.25) is 5.02 Å². The summed E-state index contributed by atoms with van der Waals surface area (Å²) in [4.78, 5) is 0. The molecule has 0 bridgehead atoms. The molecule has 0 saturated carbocycles. The Bertz CT molecular complexity index is 378. The van der Waals surface area contributed by atoms with Crippen LogP contribution in [0.4, 0.5) is 4.39 Å². The van der Waals surface area contributed by atoms with Crippen molar-refractivity contribution in [3.05, 3.63) is 34.6 Å². The summed E-state index contributed by atoms with van der Waals surface area (Å²) in [6.45, 7) is 5.36. The van der Waals surface area contributed by atoms with Crippen LogP contribution in [0.25, 0.3) is 0 Å². The predicted molar refractivity (Wildman–Crippen MR) is 65.4 cm³/mol. The Morgan fingerprint density at radius 2 is 2.19 bits per heavy atom. The Morgan fingerprint density at radius 1 is 1.44 bits per heavy atom. The minimum Gasteiger partial charge on any atom is -0.313 e. The van der Waals surface area contributed by atoms with Gasteiger partial charge < -0.3 is 5.32 Å². The molecule has 1 aliphatic rings. The second kappa shape index (κ2) is 4.72. The summed E-state index contributed by atoms with van der Waals surface area (Å²) in [5, 5.41) is 3.69. The van der Waals surface area contributed by atoms with E-state index in [0.29, 0.717) is 17.9 Å². The quantitative estimate of drug-likeness (QED) is 0.835. The zero-order valence-corrected chi connectivity index (χ0v) is 10.4. The highest BCUT2D eigenvalue weighted by molar-refractivity contribution is 6.30. The van der Waals surface area contributed by atoms with Crippen LogP contribution < -0.4 is 5.32 Å². The molecule has 1 N–H and O–H groups in total. The molecule has 88 valence electrons. The van der Waals surface area contributed by atoms with Crippen LogP contribution in [-0.4, -0.2) is 12.6 Å². The molecule has 0 spiro atoms. The Balaban J connectivity index is 2.11. The maximum atomic E-state index is 13.3. The van der Waals surface area contributed by atoms with Gasteiger partial charge >= 0.3 is 0 Å². The van der Waals surface area contributed by atoms with Gasteiger partial charge in [0, 0.05) is 12.6 Å². The molecule has 2 atom stereocenters. The molecule has 1 aliphatic heterocycles. The zero-order chi connectivity index (χ0) is 11.7. The lowest BCUT2D eigenvalue weighted by Gasteiger charge is -2.14. The van der Waals surface area contributed by atoms with Gasteiger partial charge in [-0.3, -0.25) is 0 Å². The van der Waals surface area contributed by atoms with Crippen molar-refractivity contribution in [3.63, 3.8) is 0 Å². The molecule has 1 saturated heterocycles. The molecule has 1 aromatic rings. The summed E-state index contributed by atoms with van der Waals surface area (Å²) in [5.41, 5.74) is 1.05. The van der Waals surface area contributed by atoms with Gasteiger partial charge in [0.25, 0.3) is 0 Å². The van der Waals surface area contributed by atoms with Crippen LogP contribution in [0.5, 0.6) is 0 Å². The molecule has 1 fully saturated rings. The van der Waals surface area contributed by atoms with Gasteiger partial charge in [0.15, 0.2) is 0 Å². The maximum Gasteiger partial charge on any atom is 0.142 e. The van der Waals surface area contributed by atoms with Gasteiger partial charge in [0.05, 0.1) is 5.02 Å². The highest BCUT2D eigenvalue weighted by Gasteiger charge is 2.27. The fourth-order valence-corrected chi connectivity index (χ4v) is 2.41. The zero-order valence-electron chi connectivity index (χ0n) is 9.63. The van der Waals surface area contributed by atoms with Crippen molar-refractivity contribution in [3.8, 4) is 0 Å². The molecular weight excluding hydrogens is 225 g/mol. The molecule has 1 aromatic carbocycles. The standard InChI is InChI=1S/C13H17ClFN/c1-8(2)13-6-10(7-16-13)9-3-4-11(14)12(15)5-9/h3-5,8,10,13,16H,6-7H2,1-2H3. The van der Waals surface area contributed by atoms with Crippen LogP contribution in [0.3, 0.4) is 0 Å². The van der Waals surface area contributed by atoms with Crippen molar-refractivity contribution in [1.29, 1.82) is 0 Å². The maximum absolute atomic E-state index is 13.3. The predicted octanol–water partition coefficient (Wildman–Crippen LogP) is 3.58. The Labute approximate surface area is 101 Å². The minimum atomic E-state index is -0.313. The Morgan fingerprint density at radius 3 is 2.75 bits per heavy atom. The topological polar surface area (TPSA) is 12.0 Å². The van der Waals surface area contributed by atoms with E-state index in [4.69, 9.17) is 11.6 Å². The molecule has 2 unspecified atom stereocenters. The third kappa shape index (κ3) is 2.38. The second-order valence-electron chi connectivity index (χ2n) is 4.86. The molecule has 16 heavy (non-hydrogen) atoms. The van der Waals surface area contributed by atoms with E-state index in [1.807, 2.05) is 6.07 Å². The molecule has 0 aliphatic carbocycles. The third-order valence-corrected chi connectivity index (χ3v) is 3.69. The first-order valence-electron chi connectivity index (χ1n) is 5.76. The van der Waals surface area contributed by atoms with Crippen molar-refractivity contribution in [1.82, 2.24) is 5.32 Å². The molecule has 0 aromatic heterocycles. The van der Waals surface area contributed by atoms with E-state index in [1.54, 1.807) is 12.1 Å².